The van der Waals surface area contributed by atoms with Gasteiger partial charge in [-0.05, 0) is 51.8 Å². The van der Waals surface area contributed by atoms with Crippen LogP contribution in [0.25, 0.3) is 11.4 Å². The van der Waals surface area contributed by atoms with Gasteiger partial charge in [-0.3, -0.25) is 4.79 Å². The molecule has 174 valence electrons. The quantitative estimate of drug-likeness (QED) is 0.708. The smallest absolute Gasteiger partial charge is 0.410 e. The molecule has 1 aliphatic heterocycles. The number of carbonyl (C=O) groups is 2. The van der Waals surface area contributed by atoms with Crippen LogP contribution in [0.4, 0.5) is 14.9 Å². The van der Waals surface area contributed by atoms with Crippen molar-refractivity contribution in [1.29, 1.82) is 0 Å². The zero-order chi connectivity index (χ0) is 23.3. The van der Waals surface area contributed by atoms with E-state index in [9.17, 15) is 14.0 Å². The van der Waals surface area contributed by atoms with E-state index in [1.807, 2.05) is 20.8 Å². The van der Waals surface area contributed by atoms with Gasteiger partial charge in [0.2, 0.25) is 11.7 Å². The van der Waals surface area contributed by atoms with Gasteiger partial charge in [0.25, 0.3) is 5.89 Å². The number of rotatable bonds is 6. The average Bonchev–Trinajstić information content (AvgIpc) is 3.22. The van der Waals surface area contributed by atoms with Crippen LogP contribution >= 0.6 is 0 Å². The minimum atomic E-state index is -0.580. The number of anilines is 1. The third kappa shape index (κ3) is 6.49. The summed E-state index contributed by atoms with van der Waals surface area (Å²) in [4.78, 5) is 29.5. The number of aromatic nitrogens is 2. The molecule has 0 bridgehead atoms. The number of nitrogens with zero attached hydrogens (tertiary/aromatic N) is 3. The van der Waals surface area contributed by atoms with Crippen molar-refractivity contribution in [2.75, 3.05) is 18.4 Å². The monoisotopic (exact) mass is 448 g/mol. The Morgan fingerprint density at radius 3 is 2.62 bits per heavy atom. The molecule has 2 aromatic rings. The third-order valence-electron chi connectivity index (χ3n) is 4.83. The molecule has 0 unspecified atom stereocenters. The van der Waals surface area contributed by atoms with Crippen molar-refractivity contribution >= 4 is 17.7 Å². The molecule has 3 rings (SSSR count). The molecule has 32 heavy (non-hydrogen) atoms. The summed E-state index contributed by atoms with van der Waals surface area (Å²) in [6, 6.07) is 4.31. The van der Waals surface area contributed by atoms with Gasteiger partial charge in [0.1, 0.15) is 18.0 Å². The first-order valence-corrected chi connectivity index (χ1v) is 10.7. The molecule has 9 nitrogen and oxygen atoms in total. The molecule has 2 heterocycles. The van der Waals surface area contributed by atoms with Crippen molar-refractivity contribution in [3.63, 3.8) is 0 Å². The number of carbonyl (C=O) groups excluding carboxylic acids is 2. The molecule has 1 N–H and O–H groups in total. The first-order chi connectivity index (χ1) is 15.1. The van der Waals surface area contributed by atoms with Gasteiger partial charge in [0, 0.05) is 25.1 Å². The van der Waals surface area contributed by atoms with E-state index in [4.69, 9.17) is 14.0 Å². The molecule has 0 aliphatic carbocycles. The molecule has 1 fully saturated rings. The van der Waals surface area contributed by atoms with Gasteiger partial charge in [-0.2, -0.15) is 4.98 Å². The second-order valence-electron chi connectivity index (χ2n) is 8.59. The molecular weight excluding hydrogens is 419 g/mol. The minimum absolute atomic E-state index is 0.0389. The predicted octanol–water partition coefficient (Wildman–Crippen LogP) is 4.14. The third-order valence-corrected chi connectivity index (χ3v) is 4.83. The van der Waals surface area contributed by atoms with Crippen molar-refractivity contribution in [3.05, 3.63) is 29.9 Å². The molecule has 0 spiro atoms. The molecule has 2 amide bonds. The first-order valence-electron chi connectivity index (χ1n) is 10.7. The highest BCUT2D eigenvalue weighted by Gasteiger charge is 2.27. The molecule has 0 radical (unpaired) electrons. The van der Waals surface area contributed by atoms with Gasteiger partial charge in [-0.15, -0.1) is 0 Å². The second-order valence-corrected chi connectivity index (χ2v) is 8.59. The second kappa shape index (κ2) is 10.1. The Bertz CT molecular complexity index is 948. The maximum atomic E-state index is 14.2. The lowest BCUT2D eigenvalue weighted by Crippen LogP contribution is -2.43. The van der Waals surface area contributed by atoms with E-state index >= 15 is 0 Å². The van der Waals surface area contributed by atoms with E-state index in [1.165, 1.54) is 12.1 Å². The summed E-state index contributed by atoms with van der Waals surface area (Å²) in [5.41, 5.74) is 0.00954. The van der Waals surface area contributed by atoms with E-state index in [2.05, 4.69) is 15.5 Å². The Hall–Kier alpha value is -3.01. The zero-order valence-corrected chi connectivity index (χ0v) is 18.8. The molecular formula is C22H29FN4O5. The molecule has 0 atom stereocenters. The molecule has 1 saturated heterocycles. The summed E-state index contributed by atoms with van der Waals surface area (Å²) < 4.78 is 30.7. The number of likely N-dealkylation sites (tertiary alicyclic amines) is 1. The summed E-state index contributed by atoms with van der Waals surface area (Å²) >= 11 is 0. The van der Waals surface area contributed by atoms with Gasteiger partial charge in [-0.25, -0.2) is 9.18 Å². The Morgan fingerprint density at radius 1 is 1.28 bits per heavy atom. The highest BCUT2D eigenvalue weighted by atomic mass is 19.1. The van der Waals surface area contributed by atoms with Crippen molar-refractivity contribution in [1.82, 2.24) is 15.0 Å². The molecule has 0 saturated carbocycles. The standard InChI is InChI=1S/C22H29FN4O5/c1-5-18(28)24-17-7-6-14(12-16(17)23)20-25-19(32-26-20)13-30-15-8-10-27(11-9-15)21(29)31-22(2,3)4/h6-7,12,15H,5,8-11,13H2,1-4H3,(H,24,28). The van der Waals surface area contributed by atoms with Crippen LogP contribution in [0.5, 0.6) is 0 Å². The summed E-state index contributed by atoms with van der Waals surface area (Å²) in [5, 5.41) is 6.37. The first kappa shape index (κ1) is 23.6. The normalized spacial score (nSPS) is 15.0. The van der Waals surface area contributed by atoms with Crippen molar-refractivity contribution < 1.29 is 28.0 Å². The Morgan fingerprint density at radius 2 is 2.00 bits per heavy atom. The number of hydrogen-bond acceptors (Lipinski definition) is 7. The maximum Gasteiger partial charge on any atom is 0.410 e. The zero-order valence-electron chi connectivity index (χ0n) is 18.8. The average molecular weight is 448 g/mol. The Kier molecular flexibility index (Phi) is 7.44. The van der Waals surface area contributed by atoms with Crippen LogP contribution in [0.2, 0.25) is 0 Å². The molecule has 10 heteroatoms. The van der Waals surface area contributed by atoms with E-state index in [0.29, 0.717) is 31.5 Å². The predicted molar refractivity (Wildman–Crippen MR) is 114 cm³/mol. The molecule has 1 aromatic heterocycles. The lowest BCUT2D eigenvalue weighted by Gasteiger charge is -2.33. The van der Waals surface area contributed by atoms with Crippen LogP contribution in [-0.2, 0) is 20.9 Å². The van der Waals surface area contributed by atoms with E-state index in [0.717, 1.165) is 0 Å². The highest BCUT2D eigenvalue weighted by Crippen LogP contribution is 2.23. The van der Waals surface area contributed by atoms with Crippen LogP contribution in [0, 0.1) is 5.82 Å². The van der Waals surface area contributed by atoms with E-state index in [-0.39, 0.29) is 48.5 Å². The van der Waals surface area contributed by atoms with E-state index in [1.54, 1.807) is 17.9 Å². The number of halogens is 1. The fraction of sp³-hybridized carbons (Fsp3) is 0.545. The van der Waals surface area contributed by atoms with Crippen LogP contribution in [0.1, 0.15) is 52.8 Å². The number of ether oxygens (including phenoxy) is 2. The summed E-state index contributed by atoms with van der Waals surface area (Å²) in [7, 11) is 0. The number of amides is 2. The molecule has 1 aromatic carbocycles. The van der Waals surface area contributed by atoms with Gasteiger partial charge in [0.15, 0.2) is 0 Å². The van der Waals surface area contributed by atoms with Crippen LogP contribution in [0.3, 0.4) is 0 Å². The van der Waals surface area contributed by atoms with Crippen LogP contribution in [-0.4, -0.2) is 51.8 Å². The fourth-order valence-electron chi connectivity index (χ4n) is 3.15. The largest absolute Gasteiger partial charge is 0.444 e. The van der Waals surface area contributed by atoms with Gasteiger partial charge in [0.05, 0.1) is 11.8 Å². The summed E-state index contributed by atoms with van der Waals surface area (Å²) in [6.45, 7) is 8.43. The number of benzene rings is 1. The van der Waals surface area contributed by atoms with Gasteiger partial charge < -0.3 is 24.2 Å². The molecule has 1 aliphatic rings. The number of nitrogens with one attached hydrogen (secondary N) is 1. The van der Waals surface area contributed by atoms with Crippen molar-refractivity contribution in [3.8, 4) is 11.4 Å². The number of piperidine rings is 1. The Labute approximate surface area is 186 Å². The van der Waals surface area contributed by atoms with Crippen molar-refractivity contribution in [2.45, 2.75) is 65.3 Å². The maximum absolute atomic E-state index is 14.2. The Balaban J connectivity index is 1.50. The summed E-state index contributed by atoms with van der Waals surface area (Å²) in [6.07, 6.45) is 1.26. The fourth-order valence-corrected chi connectivity index (χ4v) is 3.15. The summed E-state index contributed by atoms with van der Waals surface area (Å²) in [5.74, 6) is -0.342. The van der Waals surface area contributed by atoms with Gasteiger partial charge in [-0.1, -0.05) is 12.1 Å². The highest BCUT2D eigenvalue weighted by molar-refractivity contribution is 5.90. The number of hydrogen-bond donors (Lipinski definition) is 1. The lowest BCUT2D eigenvalue weighted by molar-refractivity contribution is -0.115. The minimum Gasteiger partial charge on any atom is -0.444 e. The SMILES string of the molecule is CCC(=O)Nc1ccc(-c2noc(COC3CCN(C(=O)OC(C)(C)C)CC3)n2)cc1F. The van der Waals surface area contributed by atoms with Crippen LogP contribution < -0.4 is 5.32 Å². The van der Waals surface area contributed by atoms with E-state index < -0.39 is 11.4 Å². The topological polar surface area (TPSA) is 107 Å². The van der Waals surface area contributed by atoms with Crippen molar-refractivity contribution in [2.24, 2.45) is 0 Å². The van der Waals surface area contributed by atoms with Gasteiger partial charge >= 0.3 is 6.09 Å². The van der Waals surface area contributed by atoms with Crippen LogP contribution in [0.15, 0.2) is 22.7 Å². The lowest BCUT2D eigenvalue weighted by atomic mass is 10.1.